The summed E-state index contributed by atoms with van der Waals surface area (Å²) < 4.78 is 29.8. The molecule has 0 bridgehead atoms. The summed E-state index contributed by atoms with van der Waals surface area (Å²) in [7, 11) is -3.06. The SMILES string of the molecule is CCN(CCCNC(C)CC1COCCN1)S(C)(=O)=O. The third-order valence-electron chi connectivity index (χ3n) is 3.54. The average Bonchev–Trinajstić information content (AvgIpc) is 2.38. The maximum atomic E-state index is 11.4. The fraction of sp³-hybridized carbons (Fsp3) is 1.00. The highest BCUT2D eigenvalue weighted by atomic mass is 32.2. The van der Waals surface area contributed by atoms with Gasteiger partial charge >= 0.3 is 0 Å². The van der Waals surface area contributed by atoms with E-state index in [9.17, 15) is 8.42 Å². The minimum absolute atomic E-state index is 0.405. The van der Waals surface area contributed by atoms with Gasteiger partial charge in [0, 0.05) is 31.7 Å². The van der Waals surface area contributed by atoms with Crippen molar-refractivity contribution in [3.05, 3.63) is 0 Å². The van der Waals surface area contributed by atoms with E-state index in [1.54, 1.807) is 0 Å². The molecule has 6 nitrogen and oxygen atoms in total. The fourth-order valence-corrected chi connectivity index (χ4v) is 3.37. The van der Waals surface area contributed by atoms with Crippen molar-refractivity contribution in [2.75, 3.05) is 45.6 Å². The molecule has 7 heteroatoms. The minimum atomic E-state index is -3.06. The van der Waals surface area contributed by atoms with Gasteiger partial charge in [0.05, 0.1) is 19.5 Å². The lowest BCUT2D eigenvalue weighted by molar-refractivity contribution is 0.0712. The minimum Gasteiger partial charge on any atom is -0.379 e. The Bertz CT molecular complexity index is 356. The Kier molecular flexibility index (Phi) is 7.98. The van der Waals surface area contributed by atoms with E-state index >= 15 is 0 Å². The number of nitrogens with one attached hydrogen (secondary N) is 2. The van der Waals surface area contributed by atoms with Gasteiger partial charge in [-0.1, -0.05) is 6.92 Å². The van der Waals surface area contributed by atoms with Gasteiger partial charge in [-0.05, 0) is 26.3 Å². The van der Waals surface area contributed by atoms with E-state index in [1.165, 1.54) is 10.6 Å². The van der Waals surface area contributed by atoms with E-state index in [0.717, 1.165) is 39.1 Å². The molecule has 0 aliphatic carbocycles. The van der Waals surface area contributed by atoms with Gasteiger partial charge in [-0.25, -0.2) is 12.7 Å². The molecule has 0 aromatic carbocycles. The Morgan fingerprint density at radius 3 is 2.80 bits per heavy atom. The molecule has 20 heavy (non-hydrogen) atoms. The van der Waals surface area contributed by atoms with E-state index in [4.69, 9.17) is 4.74 Å². The van der Waals surface area contributed by atoms with E-state index in [1.807, 2.05) is 6.92 Å². The standard InChI is InChI=1S/C13H29N3O3S/c1-4-16(20(3,17)18)8-5-6-14-12(2)10-13-11-19-9-7-15-13/h12-15H,4-11H2,1-3H3. The van der Waals surface area contributed by atoms with Crippen LogP contribution >= 0.6 is 0 Å². The highest BCUT2D eigenvalue weighted by Gasteiger charge is 2.16. The van der Waals surface area contributed by atoms with Crippen LogP contribution in [0, 0.1) is 0 Å². The third kappa shape index (κ3) is 6.99. The van der Waals surface area contributed by atoms with Crippen LogP contribution in [0.15, 0.2) is 0 Å². The normalized spacial score (nSPS) is 22.1. The van der Waals surface area contributed by atoms with E-state index < -0.39 is 10.0 Å². The number of rotatable bonds is 9. The number of hydrogen-bond donors (Lipinski definition) is 2. The molecule has 2 atom stereocenters. The Morgan fingerprint density at radius 1 is 1.50 bits per heavy atom. The Balaban J connectivity index is 2.13. The van der Waals surface area contributed by atoms with E-state index in [-0.39, 0.29) is 0 Å². The highest BCUT2D eigenvalue weighted by molar-refractivity contribution is 7.88. The smallest absolute Gasteiger partial charge is 0.211 e. The van der Waals surface area contributed by atoms with Crippen LogP contribution in [0.5, 0.6) is 0 Å². The molecule has 1 saturated heterocycles. The molecule has 0 saturated carbocycles. The maximum Gasteiger partial charge on any atom is 0.211 e. The molecule has 2 N–H and O–H groups in total. The van der Waals surface area contributed by atoms with Gasteiger partial charge < -0.3 is 15.4 Å². The molecule has 0 amide bonds. The summed E-state index contributed by atoms with van der Waals surface area (Å²) in [6.45, 7) is 8.49. The molecule has 1 aliphatic rings. The summed E-state index contributed by atoms with van der Waals surface area (Å²) in [5.41, 5.74) is 0. The van der Waals surface area contributed by atoms with Crippen LogP contribution in [-0.4, -0.2) is 70.5 Å². The fourth-order valence-electron chi connectivity index (χ4n) is 2.44. The quantitative estimate of drug-likeness (QED) is 0.588. The number of morpholine rings is 1. The monoisotopic (exact) mass is 307 g/mol. The van der Waals surface area contributed by atoms with Gasteiger partial charge in [0.1, 0.15) is 0 Å². The highest BCUT2D eigenvalue weighted by Crippen LogP contribution is 2.03. The van der Waals surface area contributed by atoms with Gasteiger partial charge in [-0.2, -0.15) is 0 Å². The Hall–Kier alpha value is -0.210. The second-order valence-corrected chi connectivity index (χ2v) is 7.41. The topological polar surface area (TPSA) is 70.7 Å². The van der Waals surface area contributed by atoms with Crippen molar-refractivity contribution in [2.24, 2.45) is 0 Å². The lowest BCUT2D eigenvalue weighted by atomic mass is 10.1. The zero-order valence-corrected chi connectivity index (χ0v) is 13.7. The van der Waals surface area contributed by atoms with Crippen LogP contribution in [-0.2, 0) is 14.8 Å². The van der Waals surface area contributed by atoms with Crippen molar-refractivity contribution in [1.82, 2.24) is 14.9 Å². The second kappa shape index (κ2) is 8.94. The maximum absolute atomic E-state index is 11.4. The van der Waals surface area contributed by atoms with Gasteiger partial charge in [-0.3, -0.25) is 0 Å². The van der Waals surface area contributed by atoms with Gasteiger partial charge in [0.2, 0.25) is 10.0 Å². The predicted molar refractivity (Wildman–Crippen MR) is 81.4 cm³/mol. The van der Waals surface area contributed by atoms with Crippen LogP contribution in [0.1, 0.15) is 26.7 Å². The first-order valence-corrected chi connectivity index (χ1v) is 9.28. The number of nitrogens with zero attached hydrogens (tertiary/aromatic N) is 1. The summed E-state index contributed by atoms with van der Waals surface area (Å²) in [5.74, 6) is 0. The van der Waals surface area contributed by atoms with Gasteiger partial charge in [0.15, 0.2) is 0 Å². The van der Waals surface area contributed by atoms with Crippen LogP contribution in [0.2, 0.25) is 0 Å². The molecule has 1 aliphatic heterocycles. The molecular weight excluding hydrogens is 278 g/mol. The molecule has 1 fully saturated rings. The van der Waals surface area contributed by atoms with E-state index in [2.05, 4.69) is 17.6 Å². The largest absolute Gasteiger partial charge is 0.379 e. The predicted octanol–water partition coefficient (Wildman–Crippen LogP) is 0.0146. The molecule has 1 heterocycles. The van der Waals surface area contributed by atoms with Crippen molar-refractivity contribution < 1.29 is 13.2 Å². The summed E-state index contributed by atoms with van der Waals surface area (Å²) in [4.78, 5) is 0. The molecule has 0 aromatic rings. The van der Waals surface area contributed by atoms with Crippen molar-refractivity contribution in [2.45, 2.75) is 38.8 Å². The van der Waals surface area contributed by atoms with Crippen LogP contribution in [0.3, 0.4) is 0 Å². The molecule has 2 unspecified atom stereocenters. The molecular formula is C13H29N3O3S. The first kappa shape index (κ1) is 17.8. The number of hydrogen-bond acceptors (Lipinski definition) is 5. The van der Waals surface area contributed by atoms with Crippen molar-refractivity contribution in [3.8, 4) is 0 Å². The van der Waals surface area contributed by atoms with Gasteiger partial charge in [0.25, 0.3) is 0 Å². The number of sulfonamides is 1. The third-order valence-corrected chi connectivity index (χ3v) is 4.91. The lowest BCUT2D eigenvalue weighted by Gasteiger charge is -2.27. The molecule has 1 rings (SSSR count). The lowest BCUT2D eigenvalue weighted by Crippen LogP contribution is -2.45. The summed E-state index contributed by atoms with van der Waals surface area (Å²) in [6.07, 6.45) is 3.13. The van der Waals surface area contributed by atoms with Crippen LogP contribution < -0.4 is 10.6 Å². The Labute approximate surface area is 123 Å². The average molecular weight is 307 g/mol. The van der Waals surface area contributed by atoms with Crippen molar-refractivity contribution >= 4 is 10.0 Å². The molecule has 0 spiro atoms. The molecule has 120 valence electrons. The van der Waals surface area contributed by atoms with Crippen LogP contribution in [0.25, 0.3) is 0 Å². The van der Waals surface area contributed by atoms with Gasteiger partial charge in [-0.15, -0.1) is 0 Å². The zero-order valence-electron chi connectivity index (χ0n) is 12.9. The zero-order chi connectivity index (χ0) is 15.0. The molecule has 0 aromatic heterocycles. The summed E-state index contributed by atoms with van der Waals surface area (Å²) >= 11 is 0. The van der Waals surface area contributed by atoms with Crippen molar-refractivity contribution in [3.63, 3.8) is 0 Å². The van der Waals surface area contributed by atoms with Crippen LogP contribution in [0.4, 0.5) is 0 Å². The Morgan fingerprint density at radius 2 is 2.25 bits per heavy atom. The molecule has 0 radical (unpaired) electrons. The summed E-state index contributed by atoms with van der Waals surface area (Å²) in [5, 5.41) is 6.88. The van der Waals surface area contributed by atoms with Crippen molar-refractivity contribution in [1.29, 1.82) is 0 Å². The second-order valence-electron chi connectivity index (χ2n) is 5.43. The van der Waals surface area contributed by atoms with E-state index in [0.29, 0.717) is 25.2 Å². The first-order valence-electron chi connectivity index (χ1n) is 7.43. The number of ether oxygens (including phenoxy) is 1. The summed E-state index contributed by atoms with van der Waals surface area (Å²) in [6, 6.07) is 0.830. The first-order chi connectivity index (χ1) is 9.43.